The van der Waals surface area contributed by atoms with E-state index in [0.717, 1.165) is 22.3 Å². The molecule has 0 amide bonds. The third kappa shape index (κ3) is 3.93. The molecule has 0 aromatic heterocycles. The van der Waals surface area contributed by atoms with E-state index in [9.17, 15) is 0 Å². The van der Waals surface area contributed by atoms with Crippen molar-refractivity contribution in [1.82, 2.24) is 0 Å². The highest BCUT2D eigenvalue weighted by Crippen LogP contribution is 2.24. The van der Waals surface area contributed by atoms with Crippen molar-refractivity contribution in [2.24, 2.45) is 0 Å². The average Bonchev–Trinajstić information content (AvgIpc) is 2.55. The predicted octanol–water partition coefficient (Wildman–Crippen LogP) is 5.21. The van der Waals surface area contributed by atoms with Crippen molar-refractivity contribution < 1.29 is 4.74 Å². The van der Waals surface area contributed by atoms with E-state index in [4.69, 9.17) is 4.74 Å². The quantitative estimate of drug-likeness (QED) is 0.705. The molecule has 2 unspecified atom stereocenters. The van der Waals surface area contributed by atoms with E-state index < -0.39 is 0 Å². The van der Waals surface area contributed by atoms with Gasteiger partial charge in [-0.3, -0.25) is 0 Å². The van der Waals surface area contributed by atoms with Gasteiger partial charge in [-0.25, -0.2) is 0 Å². The third-order valence-electron chi connectivity index (χ3n) is 3.68. The summed E-state index contributed by atoms with van der Waals surface area (Å²) in [6.45, 7) is 12.4. The minimum Gasteiger partial charge on any atom is -0.366 e. The molecule has 1 heteroatoms. The van der Waals surface area contributed by atoms with Crippen LogP contribution >= 0.6 is 0 Å². The summed E-state index contributed by atoms with van der Waals surface area (Å²) < 4.78 is 6.08. The molecule has 0 saturated carbocycles. The van der Waals surface area contributed by atoms with Gasteiger partial charge in [0.2, 0.25) is 0 Å². The van der Waals surface area contributed by atoms with Gasteiger partial charge in [-0.15, -0.1) is 0 Å². The van der Waals surface area contributed by atoms with E-state index in [1.165, 1.54) is 0 Å². The van der Waals surface area contributed by atoms with Crippen molar-refractivity contribution in [2.75, 3.05) is 0 Å². The Morgan fingerprint density at radius 2 is 1.05 bits per heavy atom. The molecule has 1 nitrogen and oxygen atoms in total. The van der Waals surface area contributed by atoms with Crippen LogP contribution in [0.25, 0.3) is 11.1 Å². The molecule has 0 fully saturated rings. The number of ether oxygens (including phenoxy) is 1. The molecule has 0 heterocycles. The maximum atomic E-state index is 6.08. The zero-order chi connectivity index (χ0) is 15.2. The second-order valence-electron chi connectivity index (χ2n) is 5.20. The average molecular weight is 278 g/mol. The van der Waals surface area contributed by atoms with Crippen LogP contribution in [-0.4, -0.2) is 12.2 Å². The first-order valence-electron chi connectivity index (χ1n) is 7.23. The van der Waals surface area contributed by atoms with E-state index in [-0.39, 0.29) is 12.2 Å². The molecule has 0 radical (unpaired) electrons. The Bertz CT molecular complexity index is 543. The maximum Gasteiger partial charge on any atom is 0.0805 e. The van der Waals surface area contributed by atoms with Crippen LogP contribution in [0.2, 0.25) is 0 Å². The Kier molecular flexibility index (Phi) is 5.13. The van der Waals surface area contributed by atoms with Gasteiger partial charge in [-0.1, -0.05) is 73.8 Å². The van der Waals surface area contributed by atoms with Crippen LogP contribution in [-0.2, 0) is 4.74 Å². The van der Waals surface area contributed by atoms with E-state index in [0.29, 0.717) is 0 Å². The zero-order valence-corrected chi connectivity index (χ0v) is 12.8. The van der Waals surface area contributed by atoms with Gasteiger partial charge in [0.1, 0.15) is 0 Å². The van der Waals surface area contributed by atoms with E-state index in [1.54, 1.807) is 0 Å². The van der Waals surface area contributed by atoms with E-state index in [2.05, 4.69) is 37.4 Å². The molecule has 0 aliphatic heterocycles. The molecule has 0 N–H and O–H groups in total. The lowest BCUT2D eigenvalue weighted by Crippen LogP contribution is -2.19. The van der Waals surface area contributed by atoms with Gasteiger partial charge in [0.25, 0.3) is 0 Å². The maximum absolute atomic E-state index is 6.08. The summed E-state index contributed by atoms with van der Waals surface area (Å²) in [4.78, 5) is 0. The number of benzene rings is 2. The summed E-state index contributed by atoms with van der Waals surface area (Å²) in [5.41, 5.74) is 4.21. The number of rotatable bonds is 6. The summed E-state index contributed by atoms with van der Waals surface area (Å²) in [6, 6.07) is 20.3. The van der Waals surface area contributed by atoms with Crippen molar-refractivity contribution >= 4 is 11.1 Å². The van der Waals surface area contributed by atoms with Gasteiger partial charge < -0.3 is 4.74 Å². The molecule has 2 atom stereocenters. The van der Waals surface area contributed by atoms with Crippen LogP contribution < -0.4 is 0 Å². The van der Waals surface area contributed by atoms with Crippen molar-refractivity contribution in [3.05, 3.63) is 84.9 Å². The SMILES string of the molecule is C=C(c1ccccc1)C(C)OC(C)C(=C)c1ccccc1. The second kappa shape index (κ2) is 7.05. The summed E-state index contributed by atoms with van der Waals surface area (Å²) in [5.74, 6) is 0. The summed E-state index contributed by atoms with van der Waals surface area (Å²) >= 11 is 0. The molecule has 0 aliphatic rings. The monoisotopic (exact) mass is 278 g/mol. The minimum absolute atomic E-state index is 0.0529. The van der Waals surface area contributed by atoms with Crippen molar-refractivity contribution in [1.29, 1.82) is 0 Å². The lowest BCUT2D eigenvalue weighted by Gasteiger charge is -2.23. The van der Waals surface area contributed by atoms with Gasteiger partial charge >= 0.3 is 0 Å². The van der Waals surface area contributed by atoms with Crippen LogP contribution in [0.1, 0.15) is 25.0 Å². The Hall–Kier alpha value is -2.12. The molecular formula is C20H22O. The highest BCUT2D eigenvalue weighted by Gasteiger charge is 2.16. The molecule has 0 spiro atoms. The van der Waals surface area contributed by atoms with E-state index >= 15 is 0 Å². The first kappa shape index (κ1) is 15.3. The molecule has 0 saturated heterocycles. The Labute approximate surface area is 127 Å². The van der Waals surface area contributed by atoms with Crippen LogP contribution in [0.5, 0.6) is 0 Å². The van der Waals surface area contributed by atoms with Gasteiger partial charge in [-0.05, 0) is 36.1 Å². The molecule has 2 aromatic rings. The number of hydrogen-bond donors (Lipinski definition) is 0. The normalized spacial score (nSPS) is 13.4. The highest BCUT2D eigenvalue weighted by atomic mass is 16.5. The van der Waals surface area contributed by atoms with Crippen LogP contribution in [0.3, 0.4) is 0 Å². The summed E-state index contributed by atoms with van der Waals surface area (Å²) in [7, 11) is 0. The lowest BCUT2D eigenvalue weighted by atomic mass is 10.0. The molecular weight excluding hydrogens is 256 g/mol. The first-order chi connectivity index (χ1) is 10.1. The number of hydrogen-bond acceptors (Lipinski definition) is 1. The minimum atomic E-state index is -0.0529. The summed E-state index contributed by atoms with van der Waals surface area (Å²) in [5, 5.41) is 0. The fourth-order valence-corrected chi connectivity index (χ4v) is 2.24. The van der Waals surface area contributed by atoms with Crippen LogP contribution in [0, 0.1) is 0 Å². The lowest BCUT2D eigenvalue weighted by molar-refractivity contribution is 0.0750. The zero-order valence-electron chi connectivity index (χ0n) is 12.8. The van der Waals surface area contributed by atoms with Crippen LogP contribution in [0.4, 0.5) is 0 Å². The topological polar surface area (TPSA) is 9.23 Å². The van der Waals surface area contributed by atoms with Gasteiger partial charge in [0.05, 0.1) is 12.2 Å². The van der Waals surface area contributed by atoms with Gasteiger partial charge in [0.15, 0.2) is 0 Å². The Morgan fingerprint density at radius 1 is 0.714 bits per heavy atom. The Balaban J connectivity index is 2.01. The van der Waals surface area contributed by atoms with E-state index in [1.807, 2.05) is 50.2 Å². The van der Waals surface area contributed by atoms with Crippen LogP contribution in [0.15, 0.2) is 73.8 Å². The standard InChI is InChI=1S/C20H22O/c1-15(19-11-7-5-8-12-19)17(3)21-18(4)16(2)20-13-9-6-10-14-20/h5-14,17-18H,1-2H2,3-4H3. The molecule has 2 aromatic carbocycles. The summed E-state index contributed by atoms with van der Waals surface area (Å²) in [6.07, 6.45) is -0.106. The molecule has 2 rings (SSSR count). The smallest absolute Gasteiger partial charge is 0.0805 e. The molecule has 21 heavy (non-hydrogen) atoms. The highest BCUT2D eigenvalue weighted by molar-refractivity contribution is 5.68. The van der Waals surface area contributed by atoms with Crippen molar-refractivity contribution in [3.8, 4) is 0 Å². The van der Waals surface area contributed by atoms with Crippen molar-refractivity contribution in [3.63, 3.8) is 0 Å². The molecule has 0 aliphatic carbocycles. The molecule has 108 valence electrons. The van der Waals surface area contributed by atoms with Gasteiger partial charge in [-0.2, -0.15) is 0 Å². The third-order valence-corrected chi connectivity index (χ3v) is 3.68. The first-order valence-corrected chi connectivity index (χ1v) is 7.23. The molecule has 0 bridgehead atoms. The largest absolute Gasteiger partial charge is 0.366 e. The fourth-order valence-electron chi connectivity index (χ4n) is 2.24. The van der Waals surface area contributed by atoms with Gasteiger partial charge in [0, 0.05) is 0 Å². The Morgan fingerprint density at radius 3 is 1.38 bits per heavy atom. The second-order valence-corrected chi connectivity index (χ2v) is 5.20. The van der Waals surface area contributed by atoms with Crippen molar-refractivity contribution in [2.45, 2.75) is 26.1 Å². The fraction of sp³-hybridized carbons (Fsp3) is 0.200. The predicted molar refractivity (Wildman–Crippen MR) is 91.0 cm³/mol.